The fraction of sp³-hybridized carbons (Fsp3) is 0.207. The van der Waals surface area contributed by atoms with Crippen LogP contribution in [0, 0.1) is 0 Å². The Morgan fingerprint density at radius 3 is 2.34 bits per heavy atom. The average Bonchev–Trinajstić information content (AvgIpc) is 3.71. The predicted octanol–water partition coefficient (Wildman–Crippen LogP) is 4.33. The van der Waals surface area contributed by atoms with Gasteiger partial charge in [-0.05, 0) is 22.6 Å². The summed E-state index contributed by atoms with van der Waals surface area (Å²) in [5, 5.41) is 16.8. The topological polar surface area (TPSA) is 114 Å². The standard InChI is InChI=1S/C29H25N5O4S3/c1-30-29-33-32-25(41-29)20-16-40-27-22(31-21(35)15-19-13-8-14-39-19)26(36)34(27)23(20)28(37)38-24(17-9-4-2-5-10-17)18-11-6-3-7-12-18/h2-14,22,24,27H,15-16H2,1H3,(H,30,33)(H,31,35)/t22?,27-/m1/s1. The maximum Gasteiger partial charge on any atom is 0.356 e. The molecule has 208 valence electrons. The highest BCUT2D eigenvalue weighted by molar-refractivity contribution is 8.00. The van der Waals surface area contributed by atoms with E-state index in [1.54, 1.807) is 7.05 Å². The van der Waals surface area contributed by atoms with E-state index < -0.39 is 23.5 Å². The summed E-state index contributed by atoms with van der Waals surface area (Å²) in [6.45, 7) is 0. The molecule has 41 heavy (non-hydrogen) atoms. The Kier molecular flexibility index (Phi) is 7.86. The van der Waals surface area contributed by atoms with Crippen molar-refractivity contribution < 1.29 is 19.1 Å². The first-order chi connectivity index (χ1) is 20.0. The normalized spacial score (nSPS) is 18.1. The average molecular weight is 604 g/mol. The minimum absolute atomic E-state index is 0.137. The lowest BCUT2D eigenvalue weighted by atomic mass is 10.0. The Morgan fingerprint density at radius 1 is 1.02 bits per heavy atom. The zero-order chi connectivity index (χ0) is 28.3. The number of esters is 1. The Balaban J connectivity index is 1.32. The molecule has 0 spiro atoms. The fourth-order valence-corrected chi connectivity index (χ4v) is 7.64. The van der Waals surface area contributed by atoms with Crippen molar-refractivity contribution in [2.24, 2.45) is 0 Å². The van der Waals surface area contributed by atoms with Crippen molar-refractivity contribution in [1.82, 2.24) is 20.4 Å². The maximum absolute atomic E-state index is 14.1. The first-order valence-corrected chi connectivity index (χ1v) is 15.6. The molecule has 1 unspecified atom stereocenters. The van der Waals surface area contributed by atoms with Crippen LogP contribution >= 0.6 is 34.4 Å². The first kappa shape index (κ1) is 27.2. The molecule has 12 heteroatoms. The van der Waals surface area contributed by atoms with Crippen LogP contribution in [0.15, 0.2) is 83.9 Å². The number of hydrogen-bond donors (Lipinski definition) is 2. The second kappa shape index (κ2) is 11.9. The monoisotopic (exact) mass is 603 g/mol. The summed E-state index contributed by atoms with van der Waals surface area (Å²) in [6, 6.07) is 22.0. The van der Waals surface area contributed by atoms with Crippen LogP contribution in [0.2, 0.25) is 0 Å². The number of carbonyl (C=O) groups excluding carboxylic acids is 3. The van der Waals surface area contributed by atoms with E-state index >= 15 is 0 Å². The van der Waals surface area contributed by atoms with Gasteiger partial charge >= 0.3 is 5.97 Å². The number of fused-ring (bicyclic) bond motifs is 1. The molecule has 0 radical (unpaired) electrons. The summed E-state index contributed by atoms with van der Waals surface area (Å²) in [5.74, 6) is -0.835. The van der Waals surface area contributed by atoms with Gasteiger partial charge in [-0.3, -0.25) is 14.5 Å². The molecule has 2 atom stereocenters. The second-order valence-corrected chi connectivity index (χ2v) is 12.4. The number of amides is 2. The van der Waals surface area contributed by atoms with Gasteiger partial charge in [0.1, 0.15) is 22.1 Å². The van der Waals surface area contributed by atoms with E-state index in [4.69, 9.17) is 4.74 Å². The molecule has 0 saturated carbocycles. The van der Waals surface area contributed by atoms with Crippen LogP contribution in [0.4, 0.5) is 5.13 Å². The Labute approximate surface area is 248 Å². The Morgan fingerprint density at radius 2 is 1.73 bits per heavy atom. The molecular formula is C29H25N5O4S3. The van der Waals surface area contributed by atoms with E-state index in [9.17, 15) is 14.4 Å². The highest BCUT2D eigenvalue weighted by atomic mass is 32.2. The maximum atomic E-state index is 14.1. The minimum atomic E-state index is -0.738. The molecule has 0 aliphatic carbocycles. The molecule has 1 fully saturated rings. The third-order valence-electron chi connectivity index (χ3n) is 6.72. The second-order valence-electron chi connectivity index (χ2n) is 9.31. The quantitative estimate of drug-likeness (QED) is 0.215. The molecule has 2 aliphatic rings. The van der Waals surface area contributed by atoms with Crippen molar-refractivity contribution in [2.75, 3.05) is 18.1 Å². The first-order valence-electron chi connectivity index (χ1n) is 12.9. The number of ether oxygens (including phenoxy) is 1. The number of nitrogens with zero attached hydrogens (tertiary/aromatic N) is 3. The molecule has 2 amide bonds. The molecule has 4 heterocycles. The molecule has 2 aliphatic heterocycles. The van der Waals surface area contributed by atoms with E-state index in [1.807, 2.05) is 78.2 Å². The number of anilines is 1. The van der Waals surface area contributed by atoms with E-state index in [0.29, 0.717) is 21.5 Å². The van der Waals surface area contributed by atoms with Crippen LogP contribution in [0.5, 0.6) is 0 Å². The smallest absolute Gasteiger partial charge is 0.356 e. The minimum Gasteiger partial charge on any atom is -0.448 e. The zero-order valence-electron chi connectivity index (χ0n) is 21.9. The molecule has 4 aromatic rings. The van der Waals surface area contributed by atoms with Crippen LogP contribution in [0.3, 0.4) is 0 Å². The summed E-state index contributed by atoms with van der Waals surface area (Å²) in [7, 11) is 1.74. The van der Waals surface area contributed by atoms with Crippen LogP contribution in [-0.4, -0.2) is 57.1 Å². The fourth-order valence-electron chi connectivity index (χ4n) is 4.76. The number of thiophene rings is 1. The SMILES string of the molecule is CNc1nnc(C2=C(C(=O)OC(c3ccccc3)c3ccccc3)N3C(=O)C(NC(=O)Cc4cccs4)[C@H]3SC2)s1. The van der Waals surface area contributed by atoms with E-state index in [2.05, 4.69) is 20.8 Å². The summed E-state index contributed by atoms with van der Waals surface area (Å²) in [6.07, 6.45) is -0.492. The van der Waals surface area contributed by atoms with Crippen molar-refractivity contribution in [1.29, 1.82) is 0 Å². The number of hydrogen-bond acceptors (Lipinski definition) is 10. The highest BCUT2D eigenvalue weighted by Crippen LogP contribution is 2.45. The van der Waals surface area contributed by atoms with Crippen molar-refractivity contribution in [3.05, 3.63) is 105 Å². The number of nitrogens with one attached hydrogen (secondary N) is 2. The molecule has 2 N–H and O–H groups in total. The third kappa shape index (κ3) is 5.50. The Bertz CT molecular complexity index is 1550. The van der Waals surface area contributed by atoms with Crippen molar-refractivity contribution in [2.45, 2.75) is 23.9 Å². The molecule has 2 aromatic heterocycles. The molecule has 6 rings (SSSR count). The van der Waals surface area contributed by atoms with Crippen molar-refractivity contribution in [3.63, 3.8) is 0 Å². The van der Waals surface area contributed by atoms with Gasteiger partial charge < -0.3 is 15.4 Å². The van der Waals surface area contributed by atoms with Gasteiger partial charge in [0.05, 0.1) is 6.42 Å². The van der Waals surface area contributed by atoms with Gasteiger partial charge in [0.25, 0.3) is 5.91 Å². The van der Waals surface area contributed by atoms with Gasteiger partial charge in [-0.2, -0.15) is 0 Å². The number of benzene rings is 2. The van der Waals surface area contributed by atoms with Crippen LogP contribution in [0.1, 0.15) is 27.1 Å². The van der Waals surface area contributed by atoms with Gasteiger partial charge in [-0.15, -0.1) is 33.3 Å². The zero-order valence-corrected chi connectivity index (χ0v) is 24.3. The number of β-lactam (4-membered cyclic amide) rings is 1. The molecule has 2 aromatic carbocycles. The number of carbonyl (C=O) groups is 3. The Hall–Kier alpha value is -4.00. The predicted molar refractivity (Wildman–Crippen MR) is 160 cm³/mol. The molecule has 9 nitrogen and oxygen atoms in total. The number of rotatable bonds is 9. The molecular weight excluding hydrogens is 579 g/mol. The largest absolute Gasteiger partial charge is 0.448 e. The van der Waals surface area contributed by atoms with E-state index in [0.717, 1.165) is 16.0 Å². The van der Waals surface area contributed by atoms with Crippen LogP contribution in [0.25, 0.3) is 5.57 Å². The van der Waals surface area contributed by atoms with Gasteiger partial charge in [0.15, 0.2) is 6.10 Å². The van der Waals surface area contributed by atoms with Crippen molar-refractivity contribution >= 4 is 62.9 Å². The van der Waals surface area contributed by atoms with Gasteiger partial charge in [-0.25, -0.2) is 4.79 Å². The summed E-state index contributed by atoms with van der Waals surface area (Å²) < 4.78 is 6.19. The third-order valence-corrected chi connectivity index (χ3v) is 9.88. The molecule has 0 bridgehead atoms. The van der Waals surface area contributed by atoms with Gasteiger partial charge in [0.2, 0.25) is 11.0 Å². The summed E-state index contributed by atoms with van der Waals surface area (Å²) in [4.78, 5) is 42.7. The van der Waals surface area contributed by atoms with Gasteiger partial charge in [0, 0.05) is 23.3 Å². The number of thioether (sulfide) groups is 1. The highest BCUT2D eigenvalue weighted by Gasteiger charge is 2.55. The lowest BCUT2D eigenvalue weighted by molar-refractivity contribution is -0.154. The number of aromatic nitrogens is 2. The van der Waals surface area contributed by atoms with Gasteiger partial charge in [-0.1, -0.05) is 78.1 Å². The van der Waals surface area contributed by atoms with E-state index in [-0.39, 0.29) is 23.9 Å². The van der Waals surface area contributed by atoms with Crippen molar-refractivity contribution in [3.8, 4) is 0 Å². The van der Waals surface area contributed by atoms with E-state index in [1.165, 1.54) is 39.3 Å². The summed E-state index contributed by atoms with van der Waals surface area (Å²) in [5.41, 5.74) is 2.32. The molecule has 1 saturated heterocycles. The summed E-state index contributed by atoms with van der Waals surface area (Å²) >= 11 is 4.26. The van der Waals surface area contributed by atoms with Crippen LogP contribution < -0.4 is 10.6 Å². The lowest BCUT2D eigenvalue weighted by Gasteiger charge is -2.49. The lowest BCUT2D eigenvalue weighted by Crippen LogP contribution is -2.70. The van der Waals surface area contributed by atoms with Crippen LogP contribution in [-0.2, 0) is 25.5 Å².